The van der Waals surface area contributed by atoms with Crippen LogP contribution in [0.3, 0.4) is 0 Å². The molecule has 1 rings (SSSR count). The van der Waals surface area contributed by atoms with Gasteiger partial charge in [-0.25, -0.2) is 0 Å². The zero-order valence-electron chi connectivity index (χ0n) is 16.0. The second kappa shape index (κ2) is 10.3. The number of hydrogen-bond acceptors (Lipinski definition) is 4. The first kappa shape index (κ1) is 21.3. The van der Waals surface area contributed by atoms with Gasteiger partial charge in [-0.2, -0.15) is 0 Å². The average Bonchev–Trinajstić information content (AvgIpc) is 2.56. The Morgan fingerprint density at radius 3 is 2.40 bits per heavy atom. The average molecular weight is 351 g/mol. The monoisotopic (exact) mass is 351 g/mol. The van der Waals surface area contributed by atoms with Gasteiger partial charge in [-0.3, -0.25) is 4.79 Å². The number of aliphatic carboxylic acids is 1. The fraction of sp³-hybridized carbons (Fsp3) is 0.650. The van der Waals surface area contributed by atoms with Gasteiger partial charge in [0.15, 0.2) is 11.5 Å². The molecule has 5 nitrogen and oxygen atoms in total. The van der Waals surface area contributed by atoms with Gasteiger partial charge in [0.1, 0.15) is 5.54 Å². The lowest BCUT2D eigenvalue weighted by Crippen LogP contribution is -2.46. The Labute approximate surface area is 151 Å². The van der Waals surface area contributed by atoms with Crippen molar-refractivity contribution in [3.63, 3.8) is 0 Å². The predicted molar refractivity (Wildman–Crippen MR) is 100 cm³/mol. The van der Waals surface area contributed by atoms with Crippen molar-refractivity contribution in [1.82, 2.24) is 0 Å². The van der Waals surface area contributed by atoms with Crippen molar-refractivity contribution in [2.75, 3.05) is 13.2 Å². The molecule has 3 N–H and O–H groups in total. The van der Waals surface area contributed by atoms with E-state index in [9.17, 15) is 9.90 Å². The van der Waals surface area contributed by atoms with Gasteiger partial charge in [-0.1, -0.05) is 25.8 Å². The van der Waals surface area contributed by atoms with Gasteiger partial charge in [0, 0.05) is 0 Å². The maximum Gasteiger partial charge on any atom is 0.323 e. The van der Waals surface area contributed by atoms with E-state index in [0.29, 0.717) is 25.6 Å². The normalized spacial score (nSPS) is 14.6. The lowest BCUT2D eigenvalue weighted by molar-refractivity contribution is -0.143. The molecule has 0 saturated heterocycles. The molecule has 0 bridgehead atoms. The Bertz CT molecular complexity index is 542. The topological polar surface area (TPSA) is 81.8 Å². The molecule has 2 unspecified atom stereocenters. The molecule has 0 aliphatic heterocycles. The third kappa shape index (κ3) is 6.94. The minimum atomic E-state index is -1.15. The highest BCUT2D eigenvalue weighted by molar-refractivity contribution is 5.77. The lowest BCUT2D eigenvalue weighted by Gasteiger charge is -2.25. The molecule has 5 heteroatoms. The Hall–Kier alpha value is -1.75. The number of rotatable bonds is 12. The van der Waals surface area contributed by atoms with Crippen molar-refractivity contribution in [1.29, 1.82) is 0 Å². The third-order valence-electron chi connectivity index (χ3n) is 4.46. The summed E-state index contributed by atoms with van der Waals surface area (Å²) in [7, 11) is 0. The standard InChI is InChI=1S/C20H33NO4/c1-5-15(14-20(4,21)19(22)23)9-8-10-16-11-12-17(24-6-2)18(13-16)25-7-3/h11-13,15H,5-10,14,21H2,1-4H3,(H,22,23). The second-order valence-corrected chi connectivity index (χ2v) is 6.74. The van der Waals surface area contributed by atoms with Gasteiger partial charge in [0.05, 0.1) is 13.2 Å². The highest BCUT2D eigenvalue weighted by atomic mass is 16.5. The molecule has 1 aromatic carbocycles. The minimum absolute atomic E-state index is 0.320. The SMILES string of the molecule is CCOc1ccc(CCCC(CC)CC(C)(N)C(=O)O)cc1OCC. The van der Waals surface area contributed by atoms with E-state index in [1.807, 2.05) is 26.0 Å². The number of carboxylic acids is 1. The van der Waals surface area contributed by atoms with Gasteiger partial charge >= 0.3 is 5.97 Å². The molecule has 142 valence electrons. The molecule has 25 heavy (non-hydrogen) atoms. The number of aryl methyl sites for hydroxylation is 1. The Morgan fingerprint density at radius 1 is 1.20 bits per heavy atom. The first-order chi connectivity index (χ1) is 11.8. The molecule has 0 heterocycles. The summed E-state index contributed by atoms with van der Waals surface area (Å²) in [6, 6.07) is 6.07. The summed E-state index contributed by atoms with van der Waals surface area (Å²) < 4.78 is 11.3. The number of hydrogen-bond donors (Lipinski definition) is 2. The van der Waals surface area contributed by atoms with E-state index in [-0.39, 0.29) is 0 Å². The van der Waals surface area contributed by atoms with Crippen LogP contribution in [0.1, 0.15) is 58.9 Å². The fourth-order valence-corrected chi connectivity index (χ4v) is 2.98. The van der Waals surface area contributed by atoms with Crippen LogP contribution in [-0.2, 0) is 11.2 Å². The Morgan fingerprint density at radius 2 is 1.84 bits per heavy atom. The molecule has 1 aromatic rings. The fourth-order valence-electron chi connectivity index (χ4n) is 2.98. The van der Waals surface area contributed by atoms with Gasteiger partial charge in [0.25, 0.3) is 0 Å². The minimum Gasteiger partial charge on any atom is -0.490 e. The van der Waals surface area contributed by atoms with Crippen LogP contribution >= 0.6 is 0 Å². The Balaban J connectivity index is 2.62. The maximum absolute atomic E-state index is 11.2. The van der Waals surface area contributed by atoms with Gasteiger partial charge < -0.3 is 20.3 Å². The molecular formula is C20H33NO4. The van der Waals surface area contributed by atoms with Crippen molar-refractivity contribution in [3.8, 4) is 11.5 Å². The molecule has 0 spiro atoms. The zero-order chi connectivity index (χ0) is 18.9. The summed E-state index contributed by atoms with van der Waals surface area (Å²) in [5, 5.41) is 9.19. The van der Waals surface area contributed by atoms with E-state index < -0.39 is 11.5 Å². The highest BCUT2D eigenvalue weighted by Gasteiger charge is 2.30. The molecule has 0 aliphatic rings. The van der Waals surface area contributed by atoms with Crippen LogP contribution in [0.4, 0.5) is 0 Å². The summed E-state index contributed by atoms with van der Waals surface area (Å²) in [6.45, 7) is 8.81. The van der Waals surface area contributed by atoms with Crippen LogP contribution in [0.15, 0.2) is 18.2 Å². The van der Waals surface area contributed by atoms with Crippen LogP contribution in [0, 0.1) is 5.92 Å². The van der Waals surface area contributed by atoms with E-state index in [1.54, 1.807) is 6.92 Å². The van der Waals surface area contributed by atoms with Crippen molar-refractivity contribution in [2.45, 2.75) is 65.3 Å². The summed E-state index contributed by atoms with van der Waals surface area (Å²) in [6.07, 6.45) is 4.33. The number of benzene rings is 1. The Kier molecular flexibility index (Phi) is 8.76. The summed E-state index contributed by atoms with van der Waals surface area (Å²) in [4.78, 5) is 11.2. The first-order valence-electron chi connectivity index (χ1n) is 9.24. The summed E-state index contributed by atoms with van der Waals surface area (Å²) >= 11 is 0. The molecule has 0 radical (unpaired) electrons. The summed E-state index contributed by atoms with van der Waals surface area (Å²) in [5.74, 6) is 0.952. The predicted octanol–water partition coefficient (Wildman–Crippen LogP) is 4.03. The molecule has 0 aliphatic carbocycles. The van der Waals surface area contributed by atoms with Crippen LogP contribution in [0.5, 0.6) is 11.5 Å². The molecule has 2 atom stereocenters. The molecule has 0 amide bonds. The molecule has 0 saturated carbocycles. The van der Waals surface area contributed by atoms with Gasteiger partial charge in [0.2, 0.25) is 0 Å². The van der Waals surface area contributed by atoms with Crippen molar-refractivity contribution in [3.05, 3.63) is 23.8 Å². The van der Waals surface area contributed by atoms with Crippen molar-refractivity contribution >= 4 is 5.97 Å². The van der Waals surface area contributed by atoms with Crippen LogP contribution in [-0.4, -0.2) is 29.8 Å². The highest BCUT2D eigenvalue weighted by Crippen LogP contribution is 2.30. The van der Waals surface area contributed by atoms with Crippen molar-refractivity contribution < 1.29 is 19.4 Å². The lowest BCUT2D eigenvalue weighted by atomic mass is 9.85. The van der Waals surface area contributed by atoms with Crippen LogP contribution in [0.2, 0.25) is 0 Å². The quantitative estimate of drug-likeness (QED) is 0.594. The third-order valence-corrected chi connectivity index (χ3v) is 4.46. The smallest absolute Gasteiger partial charge is 0.323 e. The molecule has 0 aromatic heterocycles. The number of ether oxygens (including phenoxy) is 2. The maximum atomic E-state index is 11.2. The largest absolute Gasteiger partial charge is 0.490 e. The zero-order valence-corrected chi connectivity index (χ0v) is 16.0. The molecular weight excluding hydrogens is 318 g/mol. The van der Waals surface area contributed by atoms with E-state index in [0.717, 1.165) is 37.2 Å². The number of carbonyl (C=O) groups is 1. The van der Waals surface area contributed by atoms with Crippen LogP contribution in [0.25, 0.3) is 0 Å². The number of nitrogens with two attached hydrogens (primary N) is 1. The van der Waals surface area contributed by atoms with Gasteiger partial charge in [-0.05, 0) is 63.6 Å². The van der Waals surface area contributed by atoms with E-state index in [1.165, 1.54) is 5.56 Å². The van der Waals surface area contributed by atoms with Crippen LogP contribution < -0.4 is 15.2 Å². The summed E-state index contributed by atoms with van der Waals surface area (Å²) in [5.41, 5.74) is 5.94. The van der Waals surface area contributed by atoms with E-state index >= 15 is 0 Å². The van der Waals surface area contributed by atoms with E-state index in [2.05, 4.69) is 13.0 Å². The second-order valence-electron chi connectivity index (χ2n) is 6.74. The number of carboxylic acid groups (broad SMARTS) is 1. The van der Waals surface area contributed by atoms with Gasteiger partial charge in [-0.15, -0.1) is 0 Å². The van der Waals surface area contributed by atoms with Crippen molar-refractivity contribution in [2.24, 2.45) is 11.7 Å². The van der Waals surface area contributed by atoms with E-state index in [4.69, 9.17) is 15.2 Å². The molecule has 0 fully saturated rings. The first-order valence-corrected chi connectivity index (χ1v) is 9.24.